The molecule has 0 saturated carbocycles. The maximum Gasteiger partial charge on any atom is 0.256 e. The third-order valence-corrected chi connectivity index (χ3v) is 6.65. The molecule has 2 aromatic carbocycles. The molecule has 0 fully saturated rings. The highest BCUT2D eigenvalue weighted by molar-refractivity contribution is 6.05. The minimum Gasteiger partial charge on any atom is -0.327 e. The molecule has 0 aliphatic carbocycles. The van der Waals surface area contributed by atoms with Gasteiger partial charge in [-0.25, -0.2) is 13.2 Å². The van der Waals surface area contributed by atoms with Crippen LogP contribution in [0.3, 0.4) is 0 Å². The molecule has 5 rings (SSSR count). The van der Waals surface area contributed by atoms with Crippen LogP contribution in [-0.2, 0) is 13.5 Å². The molecule has 174 valence electrons. The molecule has 8 heteroatoms. The first-order chi connectivity index (χ1) is 16.3. The van der Waals surface area contributed by atoms with Crippen molar-refractivity contribution in [2.75, 3.05) is 0 Å². The second kappa shape index (κ2) is 8.27. The van der Waals surface area contributed by atoms with Gasteiger partial charge in [-0.1, -0.05) is 25.1 Å². The summed E-state index contributed by atoms with van der Waals surface area (Å²) < 4.78 is 43.1. The summed E-state index contributed by atoms with van der Waals surface area (Å²) in [5.74, 6) is -4.14. The van der Waals surface area contributed by atoms with Crippen molar-refractivity contribution in [3.63, 3.8) is 0 Å². The first-order valence-electron chi connectivity index (χ1n) is 11.2. The van der Waals surface area contributed by atoms with Crippen molar-refractivity contribution in [1.82, 2.24) is 19.7 Å². The second-order valence-corrected chi connectivity index (χ2v) is 8.63. The zero-order valence-electron chi connectivity index (χ0n) is 19.0. The number of carbonyl (C=O) groups is 1. The highest BCUT2D eigenvalue weighted by Crippen LogP contribution is 2.40. The average Bonchev–Trinajstić information content (AvgIpc) is 3.17. The van der Waals surface area contributed by atoms with Crippen LogP contribution in [0.4, 0.5) is 13.2 Å². The molecular formula is C26H23F3N4O. The molecule has 2 unspecified atom stereocenters. The van der Waals surface area contributed by atoms with E-state index in [0.717, 1.165) is 23.1 Å². The van der Waals surface area contributed by atoms with E-state index in [9.17, 15) is 18.0 Å². The highest BCUT2D eigenvalue weighted by atomic mass is 19.2. The lowest BCUT2D eigenvalue weighted by Crippen LogP contribution is -2.46. The number of aryl methyl sites for hydroxylation is 1. The van der Waals surface area contributed by atoms with Gasteiger partial charge in [-0.15, -0.1) is 0 Å². The summed E-state index contributed by atoms with van der Waals surface area (Å²) in [5, 5.41) is 5.50. The fourth-order valence-corrected chi connectivity index (χ4v) is 5.06. The van der Waals surface area contributed by atoms with E-state index in [0.29, 0.717) is 35.3 Å². The van der Waals surface area contributed by atoms with Crippen LogP contribution in [-0.4, -0.2) is 31.6 Å². The number of hydrogen-bond donors (Lipinski definition) is 0. The Bertz CT molecular complexity index is 1400. The third-order valence-electron chi connectivity index (χ3n) is 6.65. The molecule has 34 heavy (non-hydrogen) atoms. The first kappa shape index (κ1) is 22.1. The number of amides is 1. The Kier molecular flexibility index (Phi) is 5.38. The Labute approximate surface area is 194 Å². The van der Waals surface area contributed by atoms with Gasteiger partial charge in [-0.05, 0) is 44.0 Å². The number of aromatic nitrogens is 3. The van der Waals surface area contributed by atoms with Gasteiger partial charge in [0.1, 0.15) is 0 Å². The molecule has 3 heterocycles. The van der Waals surface area contributed by atoms with Crippen LogP contribution in [0.25, 0.3) is 22.2 Å². The van der Waals surface area contributed by atoms with Gasteiger partial charge in [0.2, 0.25) is 0 Å². The number of para-hydroxylation sites is 1. The normalized spacial score (nSPS) is 17.8. The molecule has 0 bridgehead atoms. The van der Waals surface area contributed by atoms with Gasteiger partial charge < -0.3 is 4.90 Å². The largest absolute Gasteiger partial charge is 0.327 e. The van der Waals surface area contributed by atoms with Crippen LogP contribution in [0, 0.1) is 17.5 Å². The van der Waals surface area contributed by atoms with E-state index in [4.69, 9.17) is 0 Å². The van der Waals surface area contributed by atoms with Gasteiger partial charge in [0, 0.05) is 35.8 Å². The summed E-state index contributed by atoms with van der Waals surface area (Å²) in [4.78, 5) is 20.1. The summed E-state index contributed by atoms with van der Waals surface area (Å²) >= 11 is 0. The maximum atomic E-state index is 14.0. The van der Waals surface area contributed by atoms with Crippen molar-refractivity contribution in [1.29, 1.82) is 0 Å². The highest BCUT2D eigenvalue weighted by Gasteiger charge is 2.39. The number of hydrogen-bond acceptors (Lipinski definition) is 3. The van der Waals surface area contributed by atoms with Crippen LogP contribution >= 0.6 is 0 Å². The van der Waals surface area contributed by atoms with Crippen LogP contribution in [0.15, 0.2) is 48.7 Å². The minimum absolute atomic E-state index is 0.139. The standard InChI is InChI=1S/C26H23F3N4O/c1-4-17-13-19-23(31-32(3)25(19)16-11-20(27)22(29)21(28)12-16)14(2)33(17)26(34)18-9-5-7-15-8-6-10-30-24(15)18/h5-12,14,17H,4,13H2,1-3H3. The van der Waals surface area contributed by atoms with Crippen molar-refractivity contribution in [3.05, 3.63) is 82.9 Å². The van der Waals surface area contributed by atoms with Gasteiger partial charge in [0.05, 0.1) is 28.5 Å². The van der Waals surface area contributed by atoms with E-state index in [-0.39, 0.29) is 23.6 Å². The van der Waals surface area contributed by atoms with Gasteiger partial charge in [0.25, 0.3) is 5.91 Å². The number of fused-ring (bicyclic) bond motifs is 2. The predicted molar refractivity (Wildman–Crippen MR) is 123 cm³/mol. The van der Waals surface area contributed by atoms with E-state index in [1.54, 1.807) is 24.0 Å². The minimum atomic E-state index is -1.50. The first-order valence-corrected chi connectivity index (χ1v) is 11.2. The Morgan fingerprint density at radius 1 is 1.12 bits per heavy atom. The fourth-order valence-electron chi connectivity index (χ4n) is 5.06. The number of nitrogens with zero attached hydrogens (tertiary/aromatic N) is 4. The van der Waals surface area contributed by atoms with Crippen molar-refractivity contribution < 1.29 is 18.0 Å². The van der Waals surface area contributed by atoms with Gasteiger partial charge >= 0.3 is 0 Å². The topological polar surface area (TPSA) is 51.0 Å². The summed E-state index contributed by atoms with van der Waals surface area (Å²) in [7, 11) is 1.68. The lowest BCUT2D eigenvalue weighted by molar-refractivity contribution is 0.0547. The lowest BCUT2D eigenvalue weighted by Gasteiger charge is -2.40. The number of pyridine rings is 1. The zero-order valence-corrected chi connectivity index (χ0v) is 19.0. The second-order valence-electron chi connectivity index (χ2n) is 8.63. The van der Waals surface area contributed by atoms with Crippen molar-refractivity contribution in [2.24, 2.45) is 7.05 Å². The van der Waals surface area contributed by atoms with Crippen LogP contribution < -0.4 is 0 Å². The summed E-state index contributed by atoms with van der Waals surface area (Å²) in [6.07, 6.45) is 2.80. The molecule has 1 aliphatic rings. The molecule has 2 atom stereocenters. The van der Waals surface area contributed by atoms with Crippen LogP contribution in [0.1, 0.15) is 47.9 Å². The molecule has 5 nitrogen and oxygen atoms in total. The Hall–Kier alpha value is -3.68. The number of rotatable bonds is 3. The lowest BCUT2D eigenvalue weighted by atomic mass is 9.88. The van der Waals surface area contributed by atoms with Gasteiger partial charge in [-0.2, -0.15) is 5.10 Å². The molecule has 0 radical (unpaired) electrons. The van der Waals surface area contributed by atoms with Crippen molar-refractivity contribution >= 4 is 16.8 Å². The predicted octanol–water partition coefficient (Wildman–Crippen LogP) is 5.59. The van der Waals surface area contributed by atoms with E-state index < -0.39 is 17.5 Å². The molecular weight excluding hydrogens is 441 g/mol. The maximum absolute atomic E-state index is 14.0. The zero-order chi connectivity index (χ0) is 24.1. The van der Waals surface area contributed by atoms with Crippen LogP contribution in [0.5, 0.6) is 0 Å². The molecule has 0 N–H and O–H groups in total. The molecule has 0 spiro atoms. The monoisotopic (exact) mass is 464 g/mol. The number of benzene rings is 2. The SMILES string of the molecule is CCC1Cc2c(nn(C)c2-c2cc(F)c(F)c(F)c2)C(C)N1C(=O)c1cccc2cccnc12. The van der Waals surface area contributed by atoms with E-state index in [2.05, 4.69) is 10.1 Å². The number of halogens is 3. The van der Waals surface area contributed by atoms with E-state index >= 15 is 0 Å². The molecule has 1 amide bonds. The molecule has 4 aromatic rings. The van der Waals surface area contributed by atoms with Crippen molar-refractivity contribution in [3.8, 4) is 11.3 Å². The summed E-state index contributed by atoms with van der Waals surface area (Å²) in [6, 6.07) is 10.7. The molecule has 1 aliphatic heterocycles. The quantitative estimate of drug-likeness (QED) is 0.372. The van der Waals surface area contributed by atoms with E-state index in [1.165, 1.54) is 0 Å². The third kappa shape index (κ3) is 3.36. The summed E-state index contributed by atoms with van der Waals surface area (Å²) in [5.41, 5.74) is 3.37. The van der Waals surface area contributed by atoms with E-state index in [1.807, 2.05) is 43.0 Å². The number of carbonyl (C=O) groups excluding carboxylic acids is 1. The van der Waals surface area contributed by atoms with Crippen LogP contribution in [0.2, 0.25) is 0 Å². The van der Waals surface area contributed by atoms with Gasteiger partial charge in [0.15, 0.2) is 17.5 Å². The Balaban J connectivity index is 1.61. The Morgan fingerprint density at radius 3 is 2.53 bits per heavy atom. The average molecular weight is 464 g/mol. The Morgan fingerprint density at radius 2 is 1.82 bits per heavy atom. The summed E-state index contributed by atoms with van der Waals surface area (Å²) in [6.45, 7) is 3.90. The van der Waals surface area contributed by atoms with Crippen molar-refractivity contribution in [2.45, 2.75) is 38.8 Å². The molecule has 2 aromatic heterocycles. The smallest absolute Gasteiger partial charge is 0.256 e. The molecule has 0 saturated heterocycles. The van der Waals surface area contributed by atoms with Gasteiger partial charge in [-0.3, -0.25) is 14.5 Å². The fraction of sp³-hybridized carbons (Fsp3) is 0.269.